The number of primary amides is 1. The van der Waals surface area contributed by atoms with Crippen LogP contribution >= 0.6 is 23.5 Å². The quantitative estimate of drug-likeness (QED) is 0.217. The van der Waals surface area contributed by atoms with Crippen LogP contribution in [0.15, 0.2) is 4.99 Å². The Morgan fingerprint density at radius 3 is 2.41 bits per heavy atom. The lowest BCUT2D eigenvalue weighted by Gasteiger charge is -2.17. The van der Waals surface area contributed by atoms with Gasteiger partial charge in [-0.05, 0) is 6.92 Å². The maximum Gasteiger partial charge on any atom is 0.490 e. The van der Waals surface area contributed by atoms with E-state index in [1.165, 1.54) is 0 Å². The number of phosphoric ester groups is 1. The normalized spacial score (nSPS) is 30.9. The number of nitrogens with two attached hydrogens (primary N) is 1. The average Bonchev–Trinajstić information content (AvgIpc) is 2.67. The number of amides is 1. The third-order valence-corrected chi connectivity index (χ3v) is 6.64. The number of carbonyl (C=O) groups is 1. The van der Waals surface area contributed by atoms with Gasteiger partial charge in [0.2, 0.25) is 5.91 Å². The summed E-state index contributed by atoms with van der Waals surface area (Å²) < 4.78 is 64.2. The van der Waals surface area contributed by atoms with E-state index in [2.05, 4.69) is 18.1 Å². The average molecular weight is 458 g/mol. The predicted octanol–water partition coefficient (Wildman–Crippen LogP) is 0.119. The van der Waals surface area contributed by atoms with Gasteiger partial charge in [-0.3, -0.25) is 14.3 Å². The maximum absolute atomic E-state index is 14.4. The second-order valence-electron chi connectivity index (χ2n) is 5.48. The molecule has 0 aromatic carbocycles. The van der Waals surface area contributed by atoms with Crippen LogP contribution in [0.2, 0.25) is 0 Å². The van der Waals surface area contributed by atoms with Crippen LogP contribution in [-0.4, -0.2) is 56.3 Å². The van der Waals surface area contributed by atoms with E-state index in [0.29, 0.717) is 0 Å². The van der Waals surface area contributed by atoms with Crippen LogP contribution in [0, 0.1) is 0 Å². The van der Waals surface area contributed by atoms with Crippen molar-refractivity contribution in [2.45, 2.75) is 37.8 Å². The van der Waals surface area contributed by atoms with Crippen LogP contribution in [0.5, 0.6) is 0 Å². The van der Waals surface area contributed by atoms with Gasteiger partial charge in [-0.25, -0.2) is 18.1 Å². The third-order valence-electron chi connectivity index (χ3n) is 2.84. The Labute approximate surface area is 151 Å². The number of alkyl halides is 1. The first-order valence-electron chi connectivity index (χ1n) is 6.94. The van der Waals surface area contributed by atoms with Gasteiger partial charge in [0.25, 0.3) is 0 Å². The summed E-state index contributed by atoms with van der Waals surface area (Å²) in [4.78, 5) is 49.4. The number of carbonyl (C=O) groups excluding carboxylic acids is 1. The fourth-order valence-corrected chi connectivity index (χ4v) is 4.98. The second-order valence-corrected chi connectivity index (χ2v) is 9.90. The Hall–Kier alpha value is -0.560. The lowest BCUT2D eigenvalue weighted by atomic mass is 10.0. The molecule has 0 bridgehead atoms. The number of phosphoric acid groups is 3. The highest BCUT2D eigenvalue weighted by atomic mass is 31.3. The van der Waals surface area contributed by atoms with Crippen LogP contribution in [-0.2, 0) is 36.4 Å². The molecule has 0 saturated carbocycles. The molecule has 0 aromatic rings. The summed E-state index contributed by atoms with van der Waals surface area (Å²) in [7, 11) is -16.5. The molecule has 0 aliphatic carbocycles. The Balaban J connectivity index is 2.63. The van der Waals surface area contributed by atoms with Crippen LogP contribution in [0.1, 0.15) is 19.8 Å². The molecule has 1 aliphatic rings. The molecule has 18 heteroatoms. The molecule has 158 valence electrons. The predicted molar refractivity (Wildman–Crippen MR) is 84.9 cm³/mol. The van der Waals surface area contributed by atoms with E-state index < -0.39 is 54.0 Å². The highest BCUT2D eigenvalue weighted by molar-refractivity contribution is 7.66. The molecule has 27 heavy (non-hydrogen) atoms. The fourth-order valence-electron chi connectivity index (χ4n) is 1.93. The largest absolute Gasteiger partial charge is 0.490 e. The van der Waals surface area contributed by atoms with E-state index in [9.17, 15) is 27.8 Å². The Kier molecular flexibility index (Phi) is 8.02. The smallest absolute Gasteiger partial charge is 0.369 e. The fraction of sp³-hybridized carbons (Fsp3) is 0.778. The first-order chi connectivity index (χ1) is 12.0. The summed E-state index contributed by atoms with van der Waals surface area (Å²) in [5, 5.41) is 0. The Morgan fingerprint density at radius 1 is 1.30 bits per heavy atom. The van der Waals surface area contributed by atoms with Crippen LogP contribution in [0.3, 0.4) is 0 Å². The summed E-state index contributed by atoms with van der Waals surface area (Å²) in [6.45, 7) is 0.315. The van der Waals surface area contributed by atoms with Crippen molar-refractivity contribution >= 4 is 35.6 Å². The van der Waals surface area contributed by atoms with Crippen molar-refractivity contribution in [2.75, 3.05) is 6.61 Å². The van der Waals surface area contributed by atoms with Gasteiger partial charge >= 0.3 is 23.5 Å². The number of halogens is 1. The van der Waals surface area contributed by atoms with E-state index >= 15 is 0 Å². The molecule has 6 N–H and O–H groups in total. The van der Waals surface area contributed by atoms with Crippen molar-refractivity contribution in [1.29, 1.82) is 0 Å². The van der Waals surface area contributed by atoms with E-state index in [-0.39, 0.29) is 12.8 Å². The van der Waals surface area contributed by atoms with Crippen molar-refractivity contribution in [2.24, 2.45) is 10.7 Å². The minimum Gasteiger partial charge on any atom is -0.369 e. The summed E-state index contributed by atoms with van der Waals surface area (Å²) in [5.41, 5.74) is 2.87. The van der Waals surface area contributed by atoms with Crippen LogP contribution in [0.25, 0.3) is 0 Å². The van der Waals surface area contributed by atoms with Crippen molar-refractivity contribution in [3.63, 3.8) is 0 Å². The minimum absolute atomic E-state index is 0.262. The number of ether oxygens (including phenoxy) is 1. The van der Waals surface area contributed by atoms with Gasteiger partial charge in [-0.2, -0.15) is 8.62 Å². The number of aliphatic imine (C=N–C) groups is 1. The van der Waals surface area contributed by atoms with E-state index in [1.807, 2.05) is 0 Å². The number of hydrogen-bond acceptors (Lipinski definition) is 9. The number of nitrogens with zero attached hydrogens (tertiary/aromatic N) is 1. The van der Waals surface area contributed by atoms with Gasteiger partial charge in [0, 0.05) is 12.6 Å². The molecule has 5 unspecified atom stereocenters. The molecule has 1 heterocycles. The minimum atomic E-state index is -5.64. The molecule has 1 saturated heterocycles. The molecular formula is C9H18FN2O12P3. The number of rotatable bonds is 10. The lowest BCUT2D eigenvalue weighted by molar-refractivity contribution is -0.116. The van der Waals surface area contributed by atoms with Gasteiger partial charge in [0.1, 0.15) is 0 Å². The third kappa shape index (κ3) is 9.46. The van der Waals surface area contributed by atoms with Gasteiger partial charge < -0.3 is 30.0 Å². The molecule has 14 nitrogen and oxygen atoms in total. The molecule has 1 rings (SSSR count). The van der Waals surface area contributed by atoms with E-state index in [4.69, 9.17) is 25.2 Å². The highest BCUT2D eigenvalue weighted by Gasteiger charge is 2.47. The van der Waals surface area contributed by atoms with E-state index in [1.54, 1.807) is 0 Å². The standard InChI is InChI=1S/C9H18FN2O12P3/c1-9(10)4-6(22-8(9)12-3-2-7(11)13)5-21-26(17,18)24-27(19,20)23-25(14,15)16/h3,6,8H,2,4-5H2,1H3,(H2,11,13)(H,17,18)(H,19,20)(H2,14,15,16). The SMILES string of the molecule is CC1(F)CC(COP(=O)(O)OP(=O)(O)OP(=O)(O)O)OC1N=CCC(N)=O. The molecule has 1 fully saturated rings. The summed E-state index contributed by atoms with van der Waals surface area (Å²) in [6, 6.07) is 0. The van der Waals surface area contributed by atoms with Gasteiger partial charge in [0.15, 0.2) is 11.9 Å². The summed E-state index contributed by atoms with van der Waals surface area (Å²) in [5.74, 6) is -0.707. The Bertz CT molecular complexity index is 723. The van der Waals surface area contributed by atoms with Crippen molar-refractivity contribution in [1.82, 2.24) is 0 Å². The topological polar surface area (TPSA) is 224 Å². The summed E-state index contributed by atoms with van der Waals surface area (Å²) >= 11 is 0. The lowest BCUT2D eigenvalue weighted by Crippen LogP contribution is -2.28. The van der Waals surface area contributed by atoms with Crippen molar-refractivity contribution in [3.05, 3.63) is 0 Å². The molecule has 0 spiro atoms. The first-order valence-corrected chi connectivity index (χ1v) is 11.5. The molecule has 1 amide bonds. The van der Waals surface area contributed by atoms with Gasteiger partial charge in [-0.15, -0.1) is 0 Å². The zero-order valence-electron chi connectivity index (χ0n) is 13.7. The molecule has 0 aromatic heterocycles. The molecule has 1 aliphatic heterocycles. The molecule has 0 radical (unpaired) electrons. The molecule has 5 atom stereocenters. The second kappa shape index (κ2) is 8.85. The van der Waals surface area contributed by atoms with Gasteiger partial charge in [0.05, 0.1) is 19.1 Å². The highest BCUT2D eigenvalue weighted by Crippen LogP contribution is 2.66. The van der Waals surface area contributed by atoms with Crippen LogP contribution < -0.4 is 5.73 Å². The zero-order valence-corrected chi connectivity index (χ0v) is 16.3. The first kappa shape index (κ1) is 24.5. The maximum atomic E-state index is 14.4. The monoisotopic (exact) mass is 458 g/mol. The van der Waals surface area contributed by atoms with Crippen molar-refractivity contribution in [3.8, 4) is 0 Å². The van der Waals surface area contributed by atoms with E-state index in [0.717, 1.165) is 13.1 Å². The Morgan fingerprint density at radius 2 is 1.89 bits per heavy atom. The van der Waals surface area contributed by atoms with Gasteiger partial charge in [-0.1, -0.05) is 0 Å². The molecular weight excluding hydrogens is 440 g/mol. The summed E-state index contributed by atoms with van der Waals surface area (Å²) in [6.07, 6.45) is -2.09. The number of hydrogen-bond donors (Lipinski definition) is 5. The van der Waals surface area contributed by atoms with Crippen molar-refractivity contribution < 1.29 is 60.3 Å². The van der Waals surface area contributed by atoms with Crippen LogP contribution in [0.4, 0.5) is 4.39 Å². The zero-order chi connectivity index (χ0) is 21.1.